The Labute approximate surface area is 188 Å². The van der Waals surface area contributed by atoms with Gasteiger partial charge in [0.1, 0.15) is 10.7 Å². The van der Waals surface area contributed by atoms with Crippen LogP contribution in [0.5, 0.6) is 0 Å². The fourth-order valence-corrected chi connectivity index (χ4v) is 4.64. The molecule has 1 amide bonds. The number of sulfonamides is 1. The van der Waals surface area contributed by atoms with Crippen molar-refractivity contribution < 1.29 is 40.7 Å². The first kappa shape index (κ1) is 26.4. The van der Waals surface area contributed by atoms with Crippen LogP contribution in [0.1, 0.15) is 47.7 Å². The number of anilines is 1. The highest BCUT2D eigenvalue weighted by Gasteiger charge is 2.38. The van der Waals surface area contributed by atoms with Crippen molar-refractivity contribution in [3.8, 4) is 0 Å². The van der Waals surface area contributed by atoms with Gasteiger partial charge in [-0.05, 0) is 44.4 Å². The topological polar surface area (TPSA) is 143 Å². The van der Waals surface area contributed by atoms with E-state index in [2.05, 4.69) is 5.32 Å². The molecule has 9 nitrogen and oxygen atoms in total. The van der Waals surface area contributed by atoms with E-state index < -0.39 is 28.1 Å². The molecule has 0 radical (unpaired) electrons. The molecular formula is C20H24F3N3O6S. The molecule has 1 aliphatic heterocycles. The number of nitrogens with two attached hydrogens (primary N) is 1. The minimum atomic E-state index is -5.08. The highest BCUT2D eigenvalue weighted by Crippen LogP contribution is 2.27. The largest absolute Gasteiger partial charge is 0.490 e. The van der Waals surface area contributed by atoms with Crippen LogP contribution in [-0.2, 0) is 14.8 Å². The van der Waals surface area contributed by atoms with Crippen LogP contribution >= 0.6 is 0 Å². The first-order valence-corrected chi connectivity index (χ1v) is 11.2. The van der Waals surface area contributed by atoms with E-state index in [0.717, 1.165) is 18.4 Å². The smallest absolute Gasteiger partial charge is 0.475 e. The number of aryl methyl sites for hydroxylation is 1. The second-order valence-corrected chi connectivity index (χ2v) is 9.22. The van der Waals surface area contributed by atoms with Gasteiger partial charge in [0.05, 0.1) is 0 Å². The number of carboxylic acid groups (broad SMARTS) is 1. The molecule has 33 heavy (non-hydrogen) atoms. The minimum Gasteiger partial charge on any atom is -0.475 e. The third-order valence-electron chi connectivity index (χ3n) is 4.72. The van der Waals surface area contributed by atoms with Gasteiger partial charge in [0.25, 0.3) is 5.91 Å². The number of carboxylic acids is 1. The van der Waals surface area contributed by atoms with Crippen molar-refractivity contribution in [1.82, 2.24) is 4.31 Å². The summed E-state index contributed by atoms with van der Waals surface area (Å²) in [6.07, 6.45) is -3.39. The molecule has 4 N–H and O–H groups in total. The third-order valence-corrected chi connectivity index (χ3v) is 6.72. The molecule has 1 aromatic carbocycles. The van der Waals surface area contributed by atoms with Crippen LogP contribution in [0.25, 0.3) is 0 Å². The van der Waals surface area contributed by atoms with Gasteiger partial charge in [-0.25, -0.2) is 13.2 Å². The number of hydrogen-bond donors (Lipinski definition) is 3. The number of rotatable bonds is 5. The molecule has 0 unspecified atom stereocenters. The van der Waals surface area contributed by atoms with Crippen molar-refractivity contribution >= 4 is 27.6 Å². The van der Waals surface area contributed by atoms with Gasteiger partial charge in [-0.2, -0.15) is 17.5 Å². The molecule has 0 saturated carbocycles. The van der Waals surface area contributed by atoms with Gasteiger partial charge >= 0.3 is 12.1 Å². The van der Waals surface area contributed by atoms with Gasteiger partial charge in [-0.3, -0.25) is 4.79 Å². The Morgan fingerprint density at radius 2 is 1.70 bits per heavy atom. The van der Waals surface area contributed by atoms with Crippen LogP contribution < -0.4 is 11.1 Å². The molecule has 182 valence electrons. The number of carbonyl (C=O) groups excluding carboxylic acids is 1. The van der Waals surface area contributed by atoms with Crippen LogP contribution in [-0.4, -0.2) is 49.0 Å². The van der Waals surface area contributed by atoms with E-state index in [4.69, 9.17) is 20.1 Å². The predicted octanol–water partition coefficient (Wildman–Crippen LogP) is 3.28. The van der Waals surface area contributed by atoms with Gasteiger partial charge in [0, 0.05) is 30.9 Å². The van der Waals surface area contributed by atoms with Crippen LogP contribution in [0.15, 0.2) is 39.6 Å². The van der Waals surface area contributed by atoms with E-state index in [-0.39, 0.29) is 22.5 Å². The molecule has 0 bridgehead atoms. The fourth-order valence-electron chi connectivity index (χ4n) is 2.96. The SMILES string of the molecule is Cc1oc(C(=O)Nc2ccc([C@H](C)N)cc2)cc1S(=O)(=O)N1CCCC1.O=C(O)C(F)(F)F. The summed E-state index contributed by atoms with van der Waals surface area (Å²) in [5.41, 5.74) is 7.34. The molecule has 1 fully saturated rings. The second-order valence-electron chi connectivity index (χ2n) is 7.31. The molecule has 0 aliphatic carbocycles. The van der Waals surface area contributed by atoms with E-state index in [0.29, 0.717) is 18.8 Å². The van der Waals surface area contributed by atoms with Crippen molar-refractivity contribution in [3.05, 3.63) is 47.4 Å². The summed E-state index contributed by atoms with van der Waals surface area (Å²) in [4.78, 5) is 21.4. The number of alkyl halides is 3. The monoisotopic (exact) mass is 491 g/mol. The molecule has 1 saturated heterocycles. The average Bonchev–Trinajstić information content (AvgIpc) is 3.38. The number of halogens is 3. The van der Waals surface area contributed by atoms with Crippen LogP contribution in [0.2, 0.25) is 0 Å². The first-order chi connectivity index (χ1) is 15.2. The molecule has 1 aliphatic rings. The molecule has 3 rings (SSSR count). The Morgan fingerprint density at radius 1 is 1.18 bits per heavy atom. The van der Waals surface area contributed by atoms with Crippen molar-refractivity contribution in [1.29, 1.82) is 0 Å². The molecule has 1 aromatic heterocycles. The first-order valence-electron chi connectivity index (χ1n) is 9.81. The number of benzene rings is 1. The molecule has 0 spiro atoms. The summed E-state index contributed by atoms with van der Waals surface area (Å²) in [6, 6.07) is 8.36. The maximum atomic E-state index is 12.7. The van der Waals surface area contributed by atoms with Gasteiger partial charge in [-0.1, -0.05) is 12.1 Å². The fraction of sp³-hybridized carbons (Fsp3) is 0.400. The van der Waals surface area contributed by atoms with E-state index in [1.807, 2.05) is 19.1 Å². The van der Waals surface area contributed by atoms with Gasteiger partial charge in [0.2, 0.25) is 10.0 Å². The number of carbonyl (C=O) groups is 2. The predicted molar refractivity (Wildman–Crippen MR) is 112 cm³/mol. The Hall–Kier alpha value is -2.90. The molecular weight excluding hydrogens is 467 g/mol. The van der Waals surface area contributed by atoms with Crippen LogP contribution in [0.3, 0.4) is 0 Å². The summed E-state index contributed by atoms with van der Waals surface area (Å²) < 4.78 is 63.9. The van der Waals surface area contributed by atoms with Gasteiger partial charge < -0.3 is 20.6 Å². The lowest BCUT2D eigenvalue weighted by Crippen LogP contribution is -2.28. The number of nitrogens with one attached hydrogen (secondary N) is 1. The zero-order valence-electron chi connectivity index (χ0n) is 17.8. The third kappa shape index (κ3) is 6.79. The zero-order valence-corrected chi connectivity index (χ0v) is 18.7. The van der Waals surface area contributed by atoms with Gasteiger partial charge in [-0.15, -0.1) is 0 Å². The van der Waals surface area contributed by atoms with Crippen molar-refractivity contribution in [2.75, 3.05) is 18.4 Å². The maximum Gasteiger partial charge on any atom is 0.490 e. The summed E-state index contributed by atoms with van der Waals surface area (Å²) in [7, 11) is -3.62. The normalized spacial score (nSPS) is 15.5. The minimum absolute atomic E-state index is 0.0310. The van der Waals surface area contributed by atoms with E-state index >= 15 is 0 Å². The number of furan rings is 1. The maximum absolute atomic E-state index is 12.7. The molecule has 13 heteroatoms. The Morgan fingerprint density at radius 3 is 2.15 bits per heavy atom. The molecule has 1 atom stereocenters. The van der Waals surface area contributed by atoms with E-state index in [9.17, 15) is 26.4 Å². The lowest BCUT2D eigenvalue weighted by Gasteiger charge is -2.14. The van der Waals surface area contributed by atoms with Crippen molar-refractivity contribution in [3.63, 3.8) is 0 Å². The lowest BCUT2D eigenvalue weighted by atomic mass is 10.1. The van der Waals surface area contributed by atoms with Crippen molar-refractivity contribution in [2.45, 2.75) is 43.8 Å². The number of aliphatic carboxylic acids is 1. The zero-order chi connectivity index (χ0) is 25.0. The molecule has 2 heterocycles. The van der Waals surface area contributed by atoms with Gasteiger partial charge in [0.15, 0.2) is 5.76 Å². The number of amides is 1. The highest BCUT2D eigenvalue weighted by atomic mass is 32.2. The van der Waals surface area contributed by atoms with Crippen LogP contribution in [0, 0.1) is 6.92 Å². The summed E-state index contributed by atoms with van der Waals surface area (Å²) >= 11 is 0. The molecule has 2 aromatic rings. The lowest BCUT2D eigenvalue weighted by molar-refractivity contribution is -0.192. The second kappa shape index (κ2) is 10.4. The summed E-state index contributed by atoms with van der Waals surface area (Å²) in [6.45, 7) is 4.43. The highest BCUT2D eigenvalue weighted by molar-refractivity contribution is 7.89. The Balaban J connectivity index is 0.000000479. The summed E-state index contributed by atoms with van der Waals surface area (Å²) in [5.74, 6) is -3.07. The Kier molecular flexibility index (Phi) is 8.27. The average molecular weight is 491 g/mol. The Bertz CT molecular complexity index is 1090. The standard InChI is InChI=1S/C18H23N3O4S.C2HF3O2/c1-12(19)14-5-7-15(8-6-14)20-18(22)16-11-17(13(2)25-16)26(23,24)21-9-3-4-10-21;3-2(4,5)1(6)7/h5-8,11-12H,3-4,9-10,19H2,1-2H3,(H,20,22);(H,6,7)/t12-;/m0./s1. The summed E-state index contributed by atoms with van der Waals surface area (Å²) in [5, 5.41) is 9.83. The van der Waals surface area contributed by atoms with E-state index in [1.165, 1.54) is 10.4 Å². The van der Waals surface area contributed by atoms with E-state index in [1.54, 1.807) is 19.1 Å². The van der Waals surface area contributed by atoms with Crippen LogP contribution in [0.4, 0.5) is 18.9 Å². The van der Waals surface area contributed by atoms with Crippen molar-refractivity contribution in [2.24, 2.45) is 5.73 Å². The number of nitrogens with zero attached hydrogens (tertiary/aromatic N) is 1. The number of hydrogen-bond acceptors (Lipinski definition) is 6. The quantitative estimate of drug-likeness (QED) is 0.582.